The highest BCUT2D eigenvalue weighted by Gasteiger charge is 2.10. The molecule has 0 heterocycles. The fourth-order valence-electron chi connectivity index (χ4n) is 4.03. The van der Waals surface area contributed by atoms with Gasteiger partial charge in [0.05, 0.1) is 0 Å². The monoisotopic (exact) mass is 506 g/mol. The van der Waals surface area contributed by atoms with Gasteiger partial charge in [-0.1, -0.05) is 107 Å². The highest BCUT2D eigenvalue weighted by molar-refractivity contribution is 6.04. The summed E-state index contributed by atoms with van der Waals surface area (Å²) in [6.45, 7) is 13.8. The van der Waals surface area contributed by atoms with Crippen molar-refractivity contribution in [2.45, 2.75) is 78.2 Å². The maximum absolute atomic E-state index is 5.54. The zero-order valence-corrected chi connectivity index (χ0v) is 23.7. The van der Waals surface area contributed by atoms with Crippen LogP contribution in [-0.4, -0.2) is 38.1 Å². The normalized spacial score (nSPS) is 11.1. The van der Waals surface area contributed by atoms with Crippen LogP contribution >= 0.6 is 0 Å². The number of nitrogens with one attached hydrogen (secondary N) is 2. The first-order valence-corrected chi connectivity index (χ1v) is 13.7. The number of allylic oxidation sites excluding steroid dienone is 1. The molecular formula is C31H50N6. The summed E-state index contributed by atoms with van der Waals surface area (Å²) >= 11 is 0. The molecule has 0 radical (unpaired) electrons. The van der Waals surface area contributed by atoms with Crippen LogP contribution in [0.4, 0.5) is 0 Å². The summed E-state index contributed by atoms with van der Waals surface area (Å²) in [5.74, 6) is 6.15. The molecule has 2 rings (SSSR count). The van der Waals surface area contributed by atoms with Crippen LogP contribution < -0.4 is 16.7 Å². The minimum absolute atomic E-state index is 0.612. The number of hydrogen-bond acceptors (Lipinski definition) is 5. The summed E-state index contributed by atoms with van der Waals surface area (Å²) in [6, 6.07) is 16.8. The Kier molecular flexibility index (Phi) is 17.5. The lowest BCUT2D eigenvalue weighted by Gasteiger charge is -2.17. The van der Waals surface area contributed by atoms with Crippen molar-refractivity contribution in [2.24, 2.45) is 15.9 Å². The predicted octanol–water partition coefficient (Wildman–Crippen LogP) is 6.88. The maximum Gasteiger partial charge on any atom is 0.167 e. The van der Waals surface area contributed by atoms with Crippen LogP contribution in [0.1, 0.15) is 82.8 Å². The molecule has 2 aromatic rings. The van der Waals surface area contributed by atoms with Gasteiger partial charge in [-0.3, -0.25) is 4.99 Å². The number of hydrazine groups is 1. The Morgan fingerprint density at radius 3 is 2.19 bits per heavy atom. The number of aliphatic imine (C=N–C) groups is 1. The van der Waals surface area contributed by atoms with E-state index in [2.05, 4.69) is 90.4 Å². The van der Waals surface area contributed by atoms with E-state index < -0.39 is 0 Å². The predicted molar refractivity (Wildman–Crippen MR) is 163 cm³/mol. The van der Waals surface area contributed by atoms with Crippen LogP contribution in [0.25, 0.3) is 11.1 Å². The molecule has 0 atom stereocenters. The lowest BCUT2D eigenvalue weighted by atomic mass is 9.98. The highest BCUT2D eigenvalue weighted by atomic mass is 15.4. The quantitative estimate of drug-likeness (QED) is 0.0762. The van der Waals surface area contributed by atoms with Crippen molar-refractivity contribution in [1.29, 1.82) is 0 Å². The Balaban J connectivity index is 0.000000482. The van der Waals surface area contributed by atoms with E-state index in [9.17, 15) is 0 Å². The molecule has 0 aromatic heterocycles. The first kappa shape index (κ1) is 32.1. The number of rotatable bonds is 16. The first-order valence-electron chi connectivity index (χ1n) is 13.7. The van der Waals surface area contributed by atoms with Crippen molar-refractivity contribution < 1.29 is 0 Å². The second kappa shape index (κ2) is 20.1. The van der Waals surface area contributed by atoms with E-state index in [1.807, 2.05) is 18.2 Å². The number of benzene rings is 2. The fraction of sp³-hybridized carbons (Fsp3) is 0.484. The minimum Gasteiger partial charge on any atom is -0.321 e. The number of unbranched alkanes of at least 4 members (excludes halogenated alkanes) is 6. The fourth-order valence-corrected chi connectivity index (χ4v) is 4.03. The van der Waals surface area contributed by atoms with E-state index in [4.69, 9.17) is 5.84 Å². The minimum atomic E-state index is 0.612. The van der Waals surface area contributed by atoms with Gasteiger partial charge in [-0.25, -0.2) is 5.43 Å². The molecule has 37 heavy (non-hydrogen) atoms. The molecule has 0 spiro atoms. The van der Waals surface area contributed by atoms with E-state index in [1.54, 1.807) is 7.05 Å². The Labute approximate surface area is 226 Å². The van der Waals surface area contributed by atoms with Crippen LogP contribution in [-0.2, 0) is 6.54 Å². The molecule has 0 amide bonds. The third-order valence-electron chi connectivity index (χ3n) is 6.21. The number of hydrazone groups is 1. The number of amidine groups is 1. The molecule has 4 N–H and O–H groups in total. The summed E-state index contributed by atoms with van der Waals surface area (Å²) in [6.07, 6.45) is 11.5. The van der Waals surface area contributed by atoms with Gasteiger partial charge in [-0.15, -0.1) is 0 Å². The van der Waals surface area contributed by atoms with Gasteiger partial charge in [-0.2, -0.15) is 5.10 Å². The summed E-state index contributed by atoms with van der Waals surface area (Å²) in [5.41, 5.74) is 11.3. The van der Waals surface area contributed by atoms with Gasteiger partial charge in [0.2, 0.25) is 0 Å². The van der Waals surface area contributed by atoms with E-state index in [0.717, 1.165) is 41.9 Å². The SMILES string of the molecule is C=NC(=C)CCCCCCCC.CCCCN(C)Cc1ccc(-c2ccccc2/C(=N/N)NNC)cc1. The molecule has 0 aliphatic heterocycles. The van der Waals surface area contributed by atoms with Crippen LogP contribution in [0.2, 0.25) is 0 Å². The second-order valence-corrected chi connectivity index (χ2v) is 9.43. The Morgan fingerprint density at radius 1 is 0.919 bits per heavy atom. The van der Waals surface area contributed by atoms with Gasteiger partial charge in [0.25, 0.3) is 0 Å². The van der Waals surface area contributed by atoms with E-state index in [-0.39, 0.29) is 0 Å². The molecule has 6 heteroatoms. The highest BCUT2D eigenvalue weighted by Crippen LogP contribution is 2.24. The molecule has 6 nitrogen and oxygen atoms in total. The zero-order chi connectivity index (χ0) is 27.3. The number of nitrogens with two attached hydrogens (primary N) is 1. The molecule has 0 fully saturated rings. The lowest BCUT2D eigenvalue weighted by molar-refractivity contribution is 0.321. The van der Waals surface area contributed by atoms with Gasteiger partial charge >= 0.3 is 0 Å². The molecule has 0 bridgehead atoms. The third kappa shape index (κ3) is 13.2. The molecular weight excluding hydrogens is 456 g/mol. The third-order valence-corrected chi connectivity index (χ3v) is 6.21. The molecule has 0 aliphatic rings. The molecule has 2 aromatic carbocycles. The summed E-state index contributed by atoms with van der Waals surface area (Å²) < 4.78 is 0. The lowest BCUT2D eigenvalue weighted by Crippen LogP contribution is -2.36. The van der Waals surface area contributed by atoms with E-state index in [0.29, 0.717) is 5.84 Å². The van der Waals surface area contributed by atoms with Crippen LogP contribution in [0.15, 0.2) is 70.9 Å². The zero-order valence-electron chi connectivity index (χ0n) is 23.7. The van der Waals surface area contributed by atoms with Crippen LogP contribution in [0.5, 0.6) is 0 Å². The summed E-state index contributed by atoms with van der Waals surface area (Å²) in [4.78, 5) is 6.14. The largest absolute Gasteiger partial charge is 0.321 e. The summed E-state index contributed by atoms with van der Waals surface area (Å²) in [5, 5.41) is 3.86. The van der Waals surface area contributed by atoms with Gasteiger partial charge in [-0.05, 0) is 56.3 Å². The smallest absolute Gasteiger partial charge is 0.167 e. The average Bonchev–Trinajstić information content (AvgIpc) is 2.93. The van der Waals surface area contributed by atoms with Crippen molar-refractivity contribution >= 4 is 12.6 Å². The van der Waals surface area contributed by atoms with Gasteiger partial charge in [0.1, 0.15) is 0 Å². The van der Waals surface area contributed by atoms with Crippen LogP contribution in [0.3, 0.4) is 0 Å². The number of nitrogens with zero attached hydrogens (tertiary/aromatic N) is 3. The molecule has 0 aliphatic carbocycles. The van der Waals surface area contributed by atoms with Crippen molar-refractivity contribution in [1.82, 2.24) is 15.8 Å². The van der Waals surface area contributed by atoms with E-state index in [1.165, 1.54) is 56.9 Å². The maximum atomic E-state index is 5.54. The average molecular weight is 507 g/mol. The topological polar surface area (TPSA) is 78.0 Å². The van der Waals surface area contributed by atoms with Gasteiger partial charge in [0.15, 0.2) is 5.84 Å². The van der Waals surface area contributed by atoms with Gasteiger partial charge < -0.3 is 16.2 Å². The van der Waals surface area contributed by atoms with Gasteiger partial charge in [0, 0.05) is 24.9 Å². The Hall–Kier alpha value is -2.96. The van der Waals surface area contributed by atoms with Crippen molar-refractivity contribution in [2.75, 3.05) is 20.6 Å². The molecule has 0 unspecified atom stereocenters. The molecule has 204 valence electrons. The molecule has 0 saturated carbocycles. The molecule has 0 saturated heterocycles. The first-order chi connectivity index (χ1) is 18.0. The Bertz CT molecular complexity index is 920. The number of hydrogen-bond donors (Lipinski definition) is 3. The van der Waals surface area contributed by atoms with Crippen molar-refractivity contribution in [3.05, 3.63) is 71.9 Å². The van der Waals surface area contributed by atoms with Crippen LogP contribution in [0, 0.1) is 0 Å². The van der Waals surface area contributed by atoms with Crippen molar-refractivity contribution in [3.63, 3.8) is 0 Å². The standard InChI is InChI=1S/C20H29N5.C11H21N/c1-4-5-14-25(3)15-16-10-12-17(13-11-16)18-8-6-7-9-19(18)20(23-21)24-22-2;1-4-5-6-7-8-9-10-11(2)12-3/h6-13,22H,4-5,14-15,21H2,1-3H3,(H,23,24);2-10H2,1H3. The Morgan fingerprint density at radius 2 is 1.57 bits per heavy atom. The second-order valence-electron chi connectivity index (χ2n) is 9.43. The summed E-state index contributed by atoms with van der Waals surface area (Å²) in [7, 11) is 3.96. The van der Waals surface area contributed by atoms with Crippen molar-refractivity contribution in [3.8, 4) is 11.1 Å². The van der Waals surface area contributed by atoms with E-state index >= 15 is 0 Å².